The fraction of sp³-hybridized carbons (Fsp3) is 0.438. The Morgan fingerprint density at radius 2 is 2.29 bits per heavy atom. The molecule has 0 spiro atoms. The van der Waals surface area contributed by atoms with Gasteiger partial charge in [-0.3, -0.25) is 4.99 Å². The summed E-state index contributed by atoms with van der Waals surface area (Å²) in [6.07, 6.45) is 3.18. The molecule has 0 radical (unpaired) electrons. The molecular formula is C16H21FN4O2S. The van der Waals surface area contributed by atoms with Gasteiger partial charge in [0, 0.05) is 36.7 Å². The highest BCUT2D eigenvalue weighted by atomic mass is 32.2. The van der Waals surface area contributed by atoms with E-state index in [0.29, 0.717) is 25.3 Å². The van der Waals surface area contributed by atoms with Gasteiger partial charge in [-0.05, 0) is 36.6 Å². The Labute approximate surface area is 140 Å². The Hall–Kier alpha value is -2.09. The number of H-pyrrole nitrogens is 1. The number of nitrogens with one attached hydrogen (secondary N) is 3. The van der Waals surface area contributed by atoms with Gasteiger partial charge in [0.25, 0.3) is 0 Å². The number of nitrogens with zero attached hydrogens (tertiary/aromatic N) is 1. The Kier molecular flexibility index (Phi) is 4.75. The number of halogens is 1. The van der Waals surface area contributed by atoms with Crippen molar-refractivity contribution >= 4 is 26.7 Å². The van der Waals surface area contributed by atoms with Crippen LogP contribution >= 0.6 is 0 Å². The molecule has 6 nitrogen and oxygen atoms in total. The topological polar surface area (TPSA) is 86.3 Å². The molecule has 0 bridgehead atoms. The molecule has 130 valence electrons. The molecule has 2 heterocycles. The van der Waals surface area contributed by atoms with Crippen molar-refractivity contribution in [3.63, 3.8) is 0 Å². The summed E-state index contributed by atoms with van der Waals surface area (Å²) in [6, 6.07) is 4.59. The molecule has 3 rings (SSSR count). The number of aliphatic imine (C=N–C) groups is 1. The molecule has 1 aromatic carbocycles. The molecule has 1 aliphatic rings. The van der Waals surface area contributed by atoms with Crippen LogP contribution in [0.3, 0.4) is 0 Å². The van der Waals surface area contributed by atoms with E-state index in [1.807, 2.05) is 6.20 Å². The number of aromatic nitrogens is 1. The number of hydrogen-bond acceptors (Lipinski definition) is 3. The van der Waals surface area contributed by atoms with E-state index in [4.69, 9.17) is 0 Å². The van der Waals surface area contributed by atoms with Gasteiger partial charge in [-0.1, -0.05) is 0 Å². The number of sulfone groups is 1. The second-order valence-electron chi connectivity index (χ2n) is 6.00. The number of benzene rings is 1. The van der Waals surface area contributed by atoms with Crippen LogP contribution in [0.15, 0.2) is 29.4 Å². The SMILES string of the molecule is CN=C(NCCc1c[nH]c2ccc(F)cc12)NC1CCS(=O)(=O)C1. The number of hydrogen-bond donors (Lipinski definition) is 3. The fourth-order valence-electron chi connectivity index (χ4n) is 2.97. The molecule has 1 saturated heterocycles. The Morgan fingerprint density at radius 3 is 3.00 bits per heavy atom. The smallest absolute Gasteiger partial charge is 0.191 e. The summed E-state index contributed by atoms with van der Waals surface area (Å²) in [6.45, 7) is 0.614. The third kappa shape index (κ3) is 3.87. The highest BCUT2D eigenvalue weighted by Gasteiger charge is 2.28. The van der Waals surface area contributed by atoms with Crippen molar-refractivity contribution in [1.82, 2.24) is 15.6 Å². The molecule has 1 atom stereocenters. The van der Waals surface area contributed by atoms with Crippen molar-refractivity contribution in [1.29, 1.82) is 0 Å². The second-order valence-corrected chi connectivity index (χ2v) is 8.23. The molecule has 24 heavy (non-hydrogen) atoms. The number of aromatic amines is 1. The van der Waals surface area contributed by atoms with Crippen molar-refractivity contribution in [2.45, 2.75) is 18.9 Å². The zero-order chi connectivity index (χ0) is 17.2. The molecule has 0 aliphatic carbocycles. The lowest BCUT2D eigenvalue weighted by molar-refractivity contribution is 0.599. The first kappa shape index (κ1) is 16.8. The van der Waals surface area contributed by atoms with Crippen molar-refractivity contribution in [3.8, 4) is 0 Å². The monoisotopic (exact) mass is 352 g/mol. The molecule has 3 N–H and O–H groups in total. The van der Waals surface area contributed by atoms with Crippen LogP contribution in [-0.4, -0.2) is 50.5 Å². The summed E-state index contributed by atoms with van der Waals surface area (Å²) in [5.41, 5.74) is 1.93. The van der Waals surface area contributed by atoms with E-state index >= 15 is 0 Å². The number of fused-ring (bicyclic) bond motifs is 1. The normalized spacial score (nSPS) is 20.4. The van der Waals surface area contributed by atoms with Gasteiger partial charge in [-0.15, -0.1) is 0 Å². The maximum Gasteiger partial charge on any atom is 0.191 e. The van der Waals surface area contributed by atoms with E-state index in [9.17, 15) is 12.8 Å². The quantitative estimate of drug-likeness (QED) is 0.570. The maximum atomic E-state index is 13.4. The maximum absolute atomic E-state index is 13.4. The number of rotatable bonds is 4. The van der Waals surface area contributed by atoms with Crippen molar-refractivity contribution in [3.05, 3.63) is 35.8 Å². The van der Waals surface area contributed by atoms with E-state index < -0.39 is 9.84 Å². The summed E-state index contributed by atoms with van der Waals surface area (Å²) in [7, 11) is -1.27. The van der Waals surface area contributed by atoms with Crippen molar-refractivity contribution in [2.24, 2.45) is 4.99 Å². The predicted molar refractivity (Wildman–Crippen MR) is 93.5 cm³/mol. The molecule has 8 heteroatoms. The molecular weight excluding hydrogens is 331 g/mol. The lowest BCUT2D eigenvalue weighted by atomic mass is 10.1. The fourth-order valence-corrected chi connectivity index (χ4v) is 4.64. The predicted octanol–water partition coefficient (Wildman–Crippen LogP) is 1.20. The van der Waals surface area contributed by atoms with Gasteiger partial charge in [0.05, 0.1) is 11.5 Å². The Bertz CT molecular complexity index is 860. The lowest BCUT2D eigenvalue weighted by Crippen LogP contribution is -2.44. The van der Waals surface area contributed by atoms with Crippen LogP contribution in [0, 0.1) is 5.82 Å². The largest absolute Gasteiger partial charge is 0.361 e. The first-order chi connectivity index (χ1) is 11.5. The van der Waals surface area contributed by atoms with E-state index in [0.717, 1.165) is 16.5 Å². The minimum Gasteiger partial charge on any atom is -0.361 e. The molecule has 1 aliphatic heterocycles. The van der Waals surface area contributed by atoms with Gasteiger partial charge >= 0.3 is 0 Å². The van der Waals surface area contributed by atoms with Crippen molar-refractivity contribution in [2.75, 3.05) is 25.1 Å². The molecule has 0 saturated carbocycles. The zero-order valence-corrected chi connectivity index (χ0v) is 14.3. The minimum absolute atomic E-state index is 0.0941. The first-order valence-electron chi connectivity index (χ1n) is 7.90. The van der Waals surface area contributed by atoms with Crippen LogP contribution in [0.5, 0.6) is 0 Å². The van der Waals surface area contributed by atoms with Crippen LogP contribution in [0.1, 0.15) is 12.0 Å². The summed E-state index contributed by atoms with van der Waals surface area (Å²) in [5.74, 6) is 0.706. The van der Waals surface area contributed by atoms with Gasteiger partial charge in [-0.2, -0.15) is 0 Å². The van der Waals surface area contributed by atoms with Gasteiger partial charge in [0.1, 0.15) is 5.82 Å². The van der Waals surface area contributed by atoms with E-state index in [1.54, 1.807) is 13.1 Å². The average molecular weight is 352 g/mol. The third-order valence-corrected chi connectivity index (χ3v) is 5.98. The molecule has 1 aromatic heterocycles. The Morgan fingerprint density at radius 1 is 1.46 bits per heavy atom. The second kappa shape index (κ2) is 6.80. The summed E-state index contributed by atoms with van der Waals surface area (Å²) < 4.78 is 36.4. The van der Waals surface area contributed by atoms with Crippen LogP contribution in [0.4, 0.5) is 4.39 Å². The van der Waals surface area contributed by atoms with Gasteiger partial charge in [-0.25, -0.2) is 12.8 Å². The van der Waals surface area contributed by atoms with Crippen LogP contribution in [0.2, 0.25) is 0 Å². The summed E-state index contributed by atoms with van der Waals surface area (Å²) >= 11 is 0. The van der Waals surface area contributed by atoms with Crippen LogP contribution < -0.4 is 10.6 Å². The first-order valence-corrected chi connectivity index (χ1v) is 9.72. The summed E-state index contributed by atoms with van der Waals surface area (Å²) in [4.78, 5) is 7.25. The van der Waals surface area contributed by atoms with E-state index in [1.165, 1.54) is 12.1 Å². The van der Waals surface area contributed by atoms with Crippen LogP contribution in [0.25, 0.3) is 10.9 Å². The summed E-state index contributed by atoms with van der Waals surface area (Å²) in [5, 5.41) is 7.19. The van der Waals surface area contributed by atoms with E-state index in [2.05, 4.69) is 20.6 Å². The lowest BCUT2D eigenvalue weighted by Gasteiger charge is -2.15. The average Bonchev–Trinajstić information content (AvgIpc) is 3.09. The molecule has 2 aromatic rings. The van der Waals surface area contributed by atoms with Gasteiger partial charge in [0.2, 0.25) is 0 Å². The number of guanidine groups is 1. The van der Waals surface area contributed by atoms with Crippen molar-refractivity contribution < 1.29 is 12.8 Å². The minimum atomic E-state index is -2.92. The zero-order valence-electron chi connectivity index (χ0n) is 13.5. The molecule has 0 amide bonds. The van der Waals surface area contributed by atoms with Crippen LogP contribution in [-0.2, 0) is 16.3 Å². The molecule has 1 fully saturated rings. The standard InChI is InChI=1S/C16H21FN4O2S/c1-18-16(21-13-5-7-24(22,23)10-13)19-6-4-11-9-20-15-3-2-12(17)8-14(11)15/h2-3,8-9,13,20H,4-7,10H2,1H3,(H2,18,19,21). The third-order valence-electron chi connectivity index (χ3n) is 4.21. The highest BCUT2D eigenvalue weighted by Crippen LogP contribution is 2.19. The van der Waals surface area contributed by atoms with Gasteiger partial charge in [0.15, 0.2) is 15.8 Å². The van der Waals surface area contributed by atoms with Gasteiger partial charge < -0.3 is 15.6 Å². The highest BCUT2D eigenvalue weighted by molar-refractivity contribution is 7.91. The Balaban J connectivity index is 1.55. The van der Waals surface area contributed by atoms with E-state index in [-0.39, 0.29) is 23.4 Å². The molecule has 1 unspecified atom stereocenters.